The Morgan fingerprint density at radius 1 is 1.44 bits per heavy atom. The van der Waals surface area contributed by atoms with Crippen molar-refractivity contribution in [2.24, 2.45) is 0 Å². The van der Waals surface area contributed by atoms with Gasteiger partial charge in [0.05, 0.1) is 4.83 Å². The number of ketones is 1. The lowest BCUT2D eigenvalue weighted by Gasteiger charge is -2.09. The van der Waals surface area contributed by atoms with E-state index in [1.54, 1.807) is 0 Å². The number of hydrogen-bond acceptors (Lipinski definition) is 2. The van der Waals surface area contributed by atoms with Crippen LogP contribution in [0.4, 0.5) is 13.2 Å². The number of alkyl halides is 3. The van der Waals surface area contributed by atoms with E-state index in [-0.39, 0.29) is 5.78 Å². The fraction of sp³-hybridized carbons (Fsp3) is 0.300. The highest BCUT2D eigenvalue weighted by molar-refractivity contribution is 9.09. The molecule has 1 aromatic rings. The van der Waals surface area contributed by atoms with Gasteiger partial charge in [0.1, 0.15) is 5.78 Å². The third-order valence-electron chi connectivity index (χ3n) is 1.82. The Balaban J connectivity index is 2.95. The number of halogens is 4. The molecule has 6 heteroatoms. The molecule has 1 unspecified atom stereocenters. The minimum atomic E-state index is -3.08. The van der Waals surface area contributed by atoms with Crippen LogP contribution in [0.5, 0.6) is 5.75 Å². The topological polar surface area (TPSA) is 26.3 Å². The largest absolute Gasteiger partial charge is 0.432 e. The molecule has 0 aliphatic carbocycles. The number of benzene rings is 1. The number of carbonyl (C=O) groups excluding carboxylic acids is 1. The first-order chi connectivity index (χ1) is 7.41. The second-order valence-electron chi connectivity index (χ2n) is 3.04. The second-order valence-corrected chi connectivity index (χ2v) is 3.96. The molecule has 1 rings (SSSR count). The van der Waals surface area contributed by atoms with Gasteiger partial charge in [0.2, 0.25) is 0 Å². The maximum atomic E-state index is 13.2. The molecule has 16 heavy (non-hydrogen) atoms. The number of hydrogen-bond donors (Lipinski definition) is 0. The Bertz CT molecular complexity index is 396. The Morgan fingerprint density at radius 3 is 2.50 bits per heavy atom. The van der Waals surface area contributed by atoms with Crippen molar-refractivity contribution in [1.82, 2.24) is 0 Å². The molecule has 0 aliphatic rings. The van der Waals surface area contributed by atoms with Crippen molar-refractivity contribution in [3.8, 4) is 5.75 Å². The fourth-order valence-electron chi connectivity index (χ4n) is 1.10. The van der Waals surface area contributed by atoms with E-state index in [1.807, 2.05) is 0 Å². The van der Waals surface area contributed by atoms with Crippen LogP contribution in [-0.4, -0.2) is 12.4 Å². The molecular formula is C10H8BrF3O2. The molecule has 0 spiro atoms. The summed E-state index contributed by atoms with van der Waals surface area (Å²) >= 11 is 3.05. The summed E-state index contributed by atoms with van der Waals surface area (Å²) in [7, 11) is 0. The van der Waals surface area contributed by atoms with Crippen molar-refractivity contribution in [3.63, 3.8) is 0 Å². The molecule has 0 saturated carbocycles. The normalized spacial score (nSPS) is 12.6. The summed E-state index contributed by atoms with van der Waals surface area (Å²) < 4.78 is 40.8. The summed E-state index contributed by atoms with van der Waals surface area (Å²) in [5, 5.41) is 0. The van der Waals surface area contributed by atoms with Crippen molar-refractivity contribution in [1.29, 1.82) is 0 Å². The van der Waals surface area contributed by atoms with Gasteiger partial charge in [-0.25, -0.2) is 4.39 Å². The zero-order valence-corrected chi connectivity index (χ0v) is 9.80. The van der Waals surface area contributed by atoms with E-state index in [1.165, 1.54) is 13.0 Å². The smallest absolute Gasteiger partial charge is 0.387 e. The summed E-state index contributed by atoms with van der Waals surface area (Å²) in [5.74, 6) is -1.67. The first kappa shape index (κ1) is 13.0. The van der Waals surface area contributed by atoms with Crippen LogP contribution in [0.3, 0.4) is 0 Å². The molecule has 2 nitrogen and oxygen atoms in total. The van der Waals surface area contributed by atoms with Crippen LogP contribution in [0.1, 0.15) is 17.3 Å². The molecule has 0 aromatic heterocycles. The highest BCUT2D eigenvalue weighted by atomic mass is 79.9. The van der Waals surface area contributed by atoms with Crippen LogP contribution in [0, 0.1) is 5.82 Å². The third kappa shape index (κ3) is 3.23. The van der Waals surface area contributed by atoms with Gasteiger partial charge in [-0.2, -0.15) is 8.78 Å². The number of Topliss-reactive ketones (excluding diaryl/α,β-unsaturated/α-hetero) is 1. The summed E-state index contributed by atoms with van der Waals surface area (Å²) in [6.07, 6.45) is 0. The van der Waals surface area contributed by atoms with Gasteiger partial charge in [0.25, 0.3) is 0 Å². The van der Waals surface area contributed by atoms with E-state index in [4.69, 9.17) is 0 Å². The zero-order chi connectivity index (χ0) is 12.3. The van der Waals surface area contributed by atoms with Gasteiger partial charge in [0, 0.05) is 0 Å². The zero-order valence-electron chi connectivity index (χ0n) is 8.22. The summed E-state index contributed by atoms with van der Waals surface area (Å²) in [5.41, 5.74) is 0.353. The molecule has 0 N–H and O–H groups in total. The highest BCUT2D eigenvalue weighted by Gasteiger charge is 2.16. The van der Waals surface area contributed by atoms with Gasteiger partial charge in [-0.1, -0.05) is 22.0 Å². The van der Waals surface area contributed by atoms with Gasteiger partial charge in [0.15, 0.2) is 11.6 Å². The van der Waals surface area contributed by atoms with Gasteiger partial charge in [-0.15, -0.1) is 0 Å². The lowest BCUT2D eigenvalue weighted by Crippen LogP contribution is -2.05. The van der Waals surface area contributed by atoms with Crippen LogP contribution in [0.2, 0.25) is 0 Å². The van der Waals surface area contributed by atoms with Crippen molar-refractivity contribution in [2.75, 3.05) is 0 Å². The van der Waals surface area contributed by atoms with Crippen LogP contribution in [0.15, 0.2) is 18.2 Å². The Hall–Kier alpha value is -1.04. The van der Waals surface area contributed by atoms with Crippen LogP contribution >= 0.6 is 15.9 Å². The summed E-state index contributed by atoms with van der Waals surface area (Å²) in [4.78, 5) is 10.3. The second kappa shape index (κ2) is 5.34. The predicted octanol–water partition coefficient (Wildman–Crippen LogP) is 3.45. The maximum absolute atomic E-state index is 13.2. The van der Waals surface area contributed by atoms with E-state index < -0.39 is 23.0 Å². The molecule has 0 heterocycles. The lowest BCUT2D eigenvalue weighted by molar-refractivity contribution is -0.116. The molecule has 0 fully saturated rings. The van der Waals surface area contributed by atoms with Crippen molar-refractivity contribution < 1.29 is 22.7 Å². The van der Waals surface area contributed by atoms with Crippen LogP contribution in [0.25, 0.3) is 0 Å². The van der Waals surface area contributed by atoms with Gasteiger partial charge >= 0.3 is 6.61 Å². The van der Waals surface area contributed by atoms with Crippen molar-refractivity contribution in [2.45, 2.75) is 18.4 Å². The van der Waals surface area contributed by atoms with Crippen molar-refractivity contribution in [3.05, 3.63) is 29.6 Å². The fourth-order valence-corrected chi connectivity index (χ4v) is 1.39. The quantitative estimate of drug-likeness (QED) is 0.796. The highest BCUT2D eigenvalue weighted by Crippen LogP contribution is 2.28. The molecule has 0 amide bonds. The first-order valence-corrected chi connectivity index (χ1v) is 5.22. The Kier molecular flexibility index (Phi) is 4.35. The first-order valence-electron chi connectivity index (χ1n) is 4.30. The summed E-state index contributed by atoms with van der Waals surface area (Å²) in [6.45, 7) is -1.74. The molecule has 1 aromatic carbocycles. The molecule has 0 bridgehead atoms. The van der Waals surface area contributed by atoms with Crippen LogP contribution < -0.4 is 4.74 Å². The minimum absolute atomic E-state index is 0.207. The van der Waals surface area contributed by atoms with Crippen molar-refractivity contribution >= 4 is 21.7 Å². The lowest BCUT2D eigenvalue weighted by atomic mass is 10.1. The predicted molar refractivity (Wildman–Crippen MR) is 55.4 cm³/mol. The van der Waals surface area contributed by atoms with Crippen LogP contribution in [-0.2, 0) is 4.79 Å². The van der Waals surface area contributed by atoms with E-state index in [0.29, 0.717) is 5.56 Å². The number of rotatable bonds is 4. The van der Waals surface area contributed by atoms with E-state index >= 15 is 0 Å². The Labute approximate surface area is 98.5 Å². The van der Waals surface area contributed by atoms with Gasteiger partial charge < -0.3 is 4.74 Å². The molecular weight excluding hydrogens is 289 g/mol. The average Bonchev–Trinajstić information content (AvgIpc) is 2.19. The molecule has 88 valence electrons. The SMILES string of the molecule is CC(=O)C(Br)c1ccc(OC(F)F)c(F)c1. The Morgan fingerprint density at radius 2 is 2.06 bits per heavy atom. The van der Waals surface area contributed by atoms with E-state index in [9.17, 15) is 18.0 Å². The monoisotopic (exact) mass is 296 g/mol. The molecule has 1 atom stereocenters. The van der Waals surface area contributed by atoms with E-state index in [2.05, 4.69) is 20.7 Å². The standard InChI is InChI=1S/C10H8BrF3O2/c1-5(15)9(11)6-2-3-8(7(12)4-6)16-10(13)14/h2-4,9-10H,1H3. The number of carbonyl (C=O) groups is 1. The van der Waals surface area contributed by atoms with E-state index in [0.717, 1.165) is 12.1 Å². The van der Waals surface area contributed by atoms with Gasteiger partial charge in [-0.3, -0.25) is 4.79 Å². The molecule has 0 saturated heterocycles. The maximum Gasteiger partial charge on any atom is 0.387 e. The third-order valence-corrected chi connectivity index (χ3v) is 2.99. The molecule has 0 aliphatic heterocycles. The summed E-state index contributed by atoms with van der Waals surface area (Å²) in [6, 6.07) is 3.40. The van der Waals surface area contributed by atoms with Gasteiger partial charge in [-0.05, 0) is 24.6 Å². The minimum Gasteiger partial charge on any atom is -0.432 e. The molecule has 0 radical (unpaired) electrons. The number of ether oxygens (including phenoxy) is 1. The average molecular weight is 297 g/mol.